The highest BCUT2D eigenvalue weighted by molar-refractivity contribution is 4.81. The van der Waals surface area contributed by atoms with Crippen LogP contribution in [0.25, 0.3) is 0 Å². The van der Waals surface area contributed by atoms with Crippen LogP contribution in [0, 0.1) is 0 Å². The van der Waals surface area contributed by atoms with Gasteiger partial charge in [-0.3, -0.25) is 0 Å². The van der Waals surface area contributed by atoms with Gasteiger partial charge in [0.05, 0.1) is 0 Å². The zero-order valence-corrected chi connectivity index (χ0v) is 8.07. The summed E-state index contributed by atoms with van der Waals surface area (Å²) >= 11 is 0. The molecular formula is C9H18F2O. The molecule has 0 aromatic heterocycles. The molecule has 1 aliphatic carbocycles. The summed E-state index contributed by atoms with van der Waals surface area (Å²) in [6.07, 6.45) is 1.16. The van der Waals surface area contributed by atoms with Crippen LogP contribution in [-0.4, -0.2) is 19.1 Å². The first-order chi connectivity index (χ1) is 5.67. The number of halogens is 2. The van der Waals surface area contributed by atoms with Gasteiger partial charge >= 0.3 is 0 Å². The summed E-state index contributed by atoms with van der Waals surface area (Å²) in [5.74, 6) is -2.58. The van der Waals surface area contributed by atoms with Crippen molar-refractivity contribution in [1.29, 1.82) is 0 Å². The molecule has 0 radical (unpaired) electrons. The summed E-state index contributed by atoms with van der Waals surface area (Å²) in [6.45, 7) is 4.00. The Balaban J connectivity index is 0.000000561. The highest BCUT2D eigenvalue weighted by Gasteiger charge is 2.41. The van der Waals surface area contributed by atoms with E-state index in [4.69, 9.17) is 0 Å². The Kier molecular flexibility index (Phi) is 5.38. The molecule has 1 fully saturated rings. The van der Waals surface area contributed by atoms with E-state index in [2.05, 4.69) is 4.74 Å². The molecule has 12 heavy (non-hydrogen) atoms. The van der Waals surface area contributed by atoms with Gasteiger partial charge in [0, 0.05) is 13.5 Å². The minimum Gasteiger partial charge on any atom is -0.375 e. The number of hydrogen-bond donors (Lipinski definition) is 0. The molecule has 0 amide bonds. The summed E-state index contributed by atoms with van der Waals surface area (Å²) in [5.41, 5.74) is 0. The SMILES string of the molecule is CC.COC1CCCCC1(F)F. The van der Waals surface area contributed by atoms with Gasteiger partial charge in [0.1, 0.15) is 6.10 Å². The standard InChI is InChI=1S/C7H12F2O.C2H6/c1-10-6-4-2-3-5-7(6,8)9;1-2/h6H,2-5H2,1H3;1-2H3. The zero-order valence-electron chi connectivity index (χ0n) is 8.07. The third-order valence-electron chi connectivity index (χ3n) is 1.98. The van der Waals surface area contributed by atoms with Gasteiger partial charge in [0.2, 0.25) is 0 Å². The van der Waals surface area contributed by atoms with E-state index in [1.54, 1.807) is 0 Å². The predicted octanol–water partition coefficient (Wildman–Crippen LogP) is 3.24. The molecule has 0 N–H and O–H groups in total. The maximum Gasteiger partial charge on any atom is 0.273 e. The highest BCUT2D eigenvalue weighted by Crippen LogP contribution is 2.34. The molecule has 1 nitrogen and oxygen atoms in total. The molecule has 0 spiro atoms. The molecule has 1 saturated carbocycles. The Morgan fingerprint density at radius 1 is 1.25 bits per heavy atom. The smallest absolute Gasteiger partial charge is 0.273 e. The monoisotopic (exact) mass is 180 g/mol. The van der Waals surface area contributed by atoms with E-state index in [-0.39, 0.29) is 6.42 Å². The average Bonchev–Trinajstić information content (AvgIpc) is 2.07. The maximum atomic E-state index is 12.7. The minimum atomic E-state index is -2.58. The molecule has 0 saturated heterocycles. The third-order valence-corrected chi connectivity index (χ3v) is 1.98. The normalized spacial score (nSPS) is 27.2. The summed E-state index contributed by atoms with van der Waals surface area (Å²) < 4.78 is 30.1. The van der Waals surface area contributed by atoms with Crippen LogP contribution >= 0.6 is 0 Å². The summed E-state index contributed by atoms with van der Waals surface area (Å²) in [7, 11) is 1.35. The van der Waals surface area contributed by atoms with Crippen molar-refractivity contribution in [3.8, 4) is 0 Å². The average molecular weight is 180 g/mol. The van der Waals surface area contributed by atoms with Crippen molar-refractivity contribution in [3.05, 3.63) is 0 Å². The molecule has 0 bridgehead atoms. The molecule has 1 unspecified atom stereocenters. The number of rotatable bonds is 1. The van der Waals surface area contributed by atoms with Crippen LogP contribution in [0.15, 0.2) is 0 Å². The predicted molar refractivity (Wildman–Crippen MR) is 45.6 cm³/mol. The van der Waals surface area contributed by atoms with Crippen LogP contribution in [0.2, 0.25) is 0 Å². The number of alkyl halides is 2. The van der Waals surface area contributed by atoms with Gasteiger partial charge in [-0.05, 0) is 12.8 Å². The van der Waals surface area contributed by atoms with Gasteiger partial charge in [0.25, 0.3) is 5.92 Å². The van der Waals surface area contributed by atoms with E-state index in [0.717, 1.165) is 6.42 Å². The van der Waals surface area contributed by atoms with E-state index in [0.29, 0.717) is 12.8 Å². The van der Waals surface area contributed by atoms with E-state index in [1.807, 2.05) is 13.8 Å². The second-order valence-electron chi connectivity index (χ2n) is 2.73. The fourth-order valence-corrected chi connectivity index (χ4v) is 1.35. The second-order valence-corrected chi connectivity index (χ2v) is 2.73. The quantitative estimate of drug-likeness (QED) is 0.602. The lowest BCUT2D eigenvalue weighted by Gasteiger charge is -2.29. The van der Waals surface area contributed by atoms with Crippen LogP contribution in [0.5, 0.6) is 0 Å². The molecule has 0 aromatic rings. The van der Waals surface area contributed by atoms with Gasteiger partial charge in [-0.25, -0.2) is 8.78 Å². The van der Waals surface area contributed by atoms with Crippen LogP contribution in [-0.2, 0) is 4.74 Å². The third kappa shape index (κ3) is 3.05. The van der Waals surface area contributed by atoms with Crippen LogP contribution in [0.3, 0.4) is 0 Å². The van der Waals surface area contributed by atoms with Gasteiger partial charge in [-0.2, -0.15) is 0 Å². The van der Waals surface area contributed by atoms with Crippen molar-refractivity contribution in [2.45, 2.75) is 51.6 Å². The lowest BCUT2D eigenvalue weighted by Crippen LogP contribution is -2.37. The van der Waals surface area contributed by atoms with Gasteiger partial charge in [0.15, 0.2) is 0 Å². The molecule has 1 atom stereocenters. The Bertz CT molecular complexity index is 115. The van der Waals surface area contributed by atoms with Crippen molar-refractivity contribution in [2.24, 2.45) is 0 Å². The molecule has 0 heterocycles. The maximum absolute atomic E-state index is 12.7. The van der Waals surface area contributed by atoms with Gasteiger partial charge in [-0.15, -0.1) is 0 Å². The Morgan fingerprint density at radius 3 is 2.17 bits per heavy atom. The summed E-state index contributed by atoms with van der Waals surface area (Å²) in [6, 6.07) is 0. The lowest BCUT2D eigenvalue weighted by atomic mass is 9.94. The fourth-order valence-electron chi connectivity index (χ4n) is 1.35. The molecule has 74 valence electrons. The van der Waals surface area contributed by atoms with Crippen LogP contribution < -0.4 is 0 Å². The Labute approximate surface area is 73.1 Å². The first kappa shape index (κ1) is 11.8. The first-order valence-electron chi connectivity index (χ1n) is 4.57. The molecule has 3 heteroatoms. The number of hydrogen-bond acceptors (Lipinski definition) is 1. The fraction of sp³-hybridized carbons (Fsp3) is 1.00. The van der Waals surface area contributed by atoms with Gasteiger partial charge in [-0.1, -0.05) is 20.3 Å². The van der Waals surface area contributed by atoms with Crippen LogP contribution in [0.4, 0.5) is 8.78 Å². The van der Waals surface area contributed by atoms with E-state index < -0.39 is 12.0 Å². The minimum absolute atomic E-state index is 0.00843. The van der Waals surface area contributed by atoms with E-state index >= 15 is 0 Å². The first-order valence-corrected chi connectivity index (χ1v) is 4.57. The van der Waals surface area contributed by atoms with E-state index in [1.165, 1.54) is 7.11 Å². The Morgan fingerprint density at radius 2 is 1.83 bits per heavy atom. The van der Waals surface area contributed by atoms with Crippen molar-refractivity contribution >= 4 is 0 Å². The lowest BCUT2D eigenvalue weighted by molar-refractivity contribution is -0.145. The largest absolute Gasteiger partial charge is 0.375 e. The molecule has 0 aliphatic heterocycles. The van der Waals surface area contributed by atoms with Gasteiger partial charge < -0.3 is 4.74 Å². The van der Waals surface area contributed by atoms with Crippen molar-refractivity contribution in [3.63, 3.8) is 0 Å². The summed E-state index contributed by atoms with van der Waals surface area (Å²) in [5, 5.41) is 0. The van der Waals surface area contributed by atoms with E-state index in [9.17, 15) is 8.78 Å². The zero-order chi connectivity index (χ0) is 9.61. The molecule has 1 rings (SSSR count). The second kappa shape index (κ2) is 5.46. The van der Waals surface area contributed by atoms with Crippen molar-refractivity contribution in [1.82, 2.24) is 0 Å². The van der Waals surface area contributed by atoms with Crippen molar-refractivity contribution in [2.75, 3.05) is 7.11 Å². The van der Waals surface area contributed by atoms with Crippen molar-refractivity contribution < 1.29 is 13.5 Å². The van der Waals surface area contributed by atoms with Crippen LogP contribution in [0.1, 0.15) is 39.5 Å². The highest BCUT2D eigenvalue weighted by atomic mass is 19.3. The molecule has 0 aromatic carbocycles. The topological polar surface area (TPSA) is 9.23 Å². The number of methoxy groups -OCH3 is 1. The Hall–Kier alpha value is -0.180. The molecular weight excluding hydrogens is 162 g/mol. The molecule has 1 aliphatic rings. The number of ether oxygens (including phenoxy) is 1. The summed E-state index contributed by atoms with van der Waals surface area (Å²) in [4.78, 5) is 0.